The van der Waals surface area contributed by atoms with E-state index in [2.05, 4.69) is 20.6 Å². The average molecular weight is 453 g/mol. The number of nitrogens with one attached hydrogen (secondary N) is 2. The molecule has 0 saturated heterocycles. The molecule has 0 unspecified atom stereocenters. The number of benzene rings is 1. The molecule has 8 heteroatoms. The van der Waals surface area contributed by atoms with Crippen LogP contribution in [0.25, 0.3) is 10.2 Å². The number of amides is 2. The SMILES string of the molecule is Cc1cc(C)c(NC(=O)CNC(=O)COc2ncnc3sc4c(c23)CCCCC4)c(C)c1. The minimum atomic E-state index is -0.370. The molecule has 0 aliphatic heterocycles. The lowest BCUT2D eigenvalue weighted by atomic mass is 10.1. The fourth-order valence-corrected chi connectivity index (χ4v) is 5.49. The Morgan fingerprint density at radius 3 is 2.56 bits per heavy atom. The van der Waals surface area contributed by atoms with Crippen molar-refractivity contribution in [2.75, 3.05) is 18.5 Å². The van der Waals surface area contributed by atoms with Gasteiger partial charge < -0.3 is 15.4 Å². The summed E-state index contributed by atoms with van der Waals surface area (Å²) in [5, 5.41) is 6.44. The van der Waals surface area contributed by atoms with Crippen molar-refractivity contribution >= 4 is 39.1 Å². The largest absolute Gasteiger partial charge is 0.467 e. The van der Waals surface area contributed by atoms with E-state index in [4.69, 9.17) is 4.74 Å². The van der Waals surface area contributed by atoms with Crippen LogP contribution in [0.3, 0.4) is 0 Å². The van der Waals surface area contributed by atoms with Gasteiger partial charge in [0.2, 0.25) is 11.8 Å². The Kier molecular flexibility index (Phi) is 6.69. The molecule has 1 aliphatic carbocycles. The molecule has 3 aromatic rings. The molecular formula is C24H28N4O3S. The molecule has 0 atom stereocenters. The van der Waals surface area contributed by atoms with Gasteiger partial charge in [0.15, 0.2) is 6.61 Å². The van der Waals surface area contributed by atoms with E-state index < -0.39 is 0 Å². The van der Waals surface area contributed by atoms with Crippen LogP contribution in [0.2, 0.25) is 0 Å². The zero-order chi connectivity index (χ0) is 22.7. The van der Waals surface area contributed by atoms with Gasteiger partial charge in [-0.1, -0.05) is 24.1 Å². The summed E-state index contributed by atoms with van der Waals surface area (Å²) in [5.74, 6) is -0.202. The van der Waals surface area contributed by atoms with Crippen molar-refractivity contribution in [3.8, 4) is 5.88 Å². The van der Waals surface area contributed by atoms with Gasteiger partial charge in [0.25, 0.3) is 5.91 Å². The predicted molar refractivity (Wildman–Crippen MR) is 126 cm³/mol. The van der Waals surface area contributed by atoms with Gasteiger partial charge >= 0.3 is 0 Å². The Hall–Kier alpha value is -3.00. The van der Waals surface area contributed by atoms with E-state index in [1.54, 1.807) is 11.3 Å². The number of aryl methyl sites for hydroxylation is 5. The summed E-state index contributed by atoms with van der Waals surface area (Å²) in [4.78, 5) is 35.6. The zero-order valence-electron chi connectivity index (χ0n) is 18.7. The first-order chi connectivity index (χ1) is 15.4. The maximum atomic E-state index is 12.3. The van der Waals surface area contributed by atoms with Crippen LogP contribution in [0.4, 0.5) is 5.69 Å². The van der Waals surface area contributed by atoms with Crippen LogP contribution in [-0.2, 0) is 22.4 Å². The van der Waals surface area contributed by atoms with Crippen molar-refractivity contribution in [1.82, 2.24) is 15.3 Å². The van der Waals surface area contributed by atoms with Crippen molar-refractivity contribution in [3.05, 3.63) is 45.6 Å². The Morgan fingerprint density at radius 1 is 1.03 bits per heavy atom. The van der Waals surface area contributed by atoms with Gasteiger partial charge in [-0.05, 0) is 63.1 Å². The van der Waals surface area contributed by atoms with Crippen LogP contribution < -0.4 is 15.4 Å². The van der Waals surface area contributed by atoms with E-state index in [1.165, 1.54) is 29.6 Å². The van der Waals surface area contributed by atoms with Crippen molar-refractivity contribution < 1.29 is 14.3 Å². The predicted octanol–water partition coefficient (Wildman–Crippen LogP) is 4.02. The maximum absolute atomic E-state index is 12.3. The number of ether oxygens (including phenoxy) is 1. The van der Waals surface area contributed by atoms with E-state index in [0.29, 0.717) is 5.88 Å². The number of thiophene rings is 1. The van der Waals surface area contributed by atoms with Gasteiger partial charge in [0.1, 0.15) is 11.2 Å². The highest BCUT2D eigenvalue weighted by Gasteiger charge is 2.20. The number of hydrogen-bond donors (Lipinski definition) is 2. The Balaban J connectivity index is 1.35. The summed E-state index contributed by atoms with van der Waals surface area (Å²) in [6.07, 6.45) is 7.08. The van der Waals surface area contributed by atoms with Crippen LogP contribution in [0, 0.1) is 20.8 Å². The first-order valence-electron chi connectivity index (χ1n) is 10.9. The van der Waals surface area contributed by atoms with Crippen molar-refractivity contribution in [3.63, 3.8) is 0 Å². The van der Waals surface area contributed by atoms with Gasteiger partial charge in [0.05, 0.1) is 11.9 Å². The molecule has 1 aromatic carbocycles. The molecule has 0 bridgehead atoms. The van der Waals surface area contributed by atoms with Crippen LogP contribution in [-0.4, -0.2) is 34.9 Å². The molecule has 7 nitrogen and oxygen atoms in total. The molecular weight excluding hydrogens is 424 g/mol. The first kappa shape index (κ1) is 22.2. The Bertz CT molecular complexity index is 1150. The molecule has 0 radical (unpaired) electrons. The average Bonchev–Trinajstić information content (AvgIpc) is 2.95. The van der Waals surface area contributed by atoms with Crippen LogP contribution in [0.15, 0.2) is 18.5 Å². The highest BCUT2D eigenvalue weighted by atomic mass is 32.1. The number of aromatic nitrogens is 2. The number of carbonyl (C=O) groups excluding carboxylic acids is 2. The highest BCUT2D eigenvalue weighted by molar-refractivity contribution is 7.18. The number of anilines is 1. The van der Waals surface area contributed by atoms with Crippen LogP contribution in [0.5, 0.6) is 5.88 Å². The third-order valence-corrected chi connectivity index (χ3v) is 6.89. The highest BCUT2D eigenvalue weighted by Crippen LogP contribution is 2.38. The number of rotatable bonds is 6. The number of fused-ring (bicyclic) bond motifs is 3. The minimum Gasteiger partial charge on any atom is -0.467 e. The van der Waals surface area contributed by atoms with Gasteiger partial charge in [-0.15, -0.1) is 11.3 Å². The summed E-state index contributed by atoms with van der Waals surface area (Å²) < 4.78 is 5.76. The monoisotopic (exact) mass is 452 g/mol. The first-order valence-corrected chi connectivity index (χ1v) is 11.8. The Labute approximate surface area is 191 Å². The van der Waals surface area contributed by atoms with Crippen LogP contribution in [0.1, 0.15) is 46.4 Å². The van der Waals surface area contributed by atoms with Gasteiger partial charge in [-0.3, -0.25) is 9.59 Å². The summed E-state index contributed by atoms with van der Waals surface area (Å²) in [5.41, 5.74) is 5.18. The lowest BCUT2D eigenvalue weighted by Crippen LogP contribution is -2.36. The number of carbonyl (C=O) groups is 2. The maximum Gasteiger partial charge on any atom is 0.258 e. The summed E-state index contributed by atoms with van der Waals surface area (Å²) in [6.45, 7) is 5.60. The summed E-state index contributed by atoms with van der Waals surface area (Å²) >= 11 is 1.70. The van der Waals surface area contributed by atoms with Gasteiger partial charge in [-0.2, -0.15) is 0 Å². The Morgan fingerprint density at radius 2 is 1.78 bits per heavy atom. The second kappa shape index (κ2) is 9.65. The molecule has 2 N–H and O–H groups in total. The third-order valence-electron chi connectivity index (χ3n) is 5.69. The third kappa shape index (κ3) is 4.91. The molecule has 168 valence electrons. The molecule has 1 aliphatic rings. The summed E-state index contributed by atoms with van der Waals surface area (Å²) in [6, 6.07) is 4.03. The van der Waals surface area contributed by atoms with Crippen molar-refractivity contribution in [2.24, 2.45) is 0 Å². The fourth-order valence-electron chi connectivity index (χ4n) is 4.27. The van der Waals surface area contributed by atoms with E-state index in [1.807, 2.05) is 32.9 Å². The molecule has 32 heavy (non-hydrogen) atoms. The smallest absolute Gasteiger partial charge is 0.258 e. The molecule has 0 saturated carbocycles. The normalized spacial score (nSPS) is 13.3. The molecule has 0 fully saturated rings. The second-order valence-electron chi connectivity index (χ2n) is 8.31. The van der Waals surface area contributed by atoms with Crippen molar-refractivity contribution in [2.45, 2.75) is 52.9 Å². The summed E-state index contributed by atoms with van der Waals surface area (Å²) in [7, 11) is 0. The quantitative estimate of drug-likeness (QED) is 0.551. The topological polar surface area (TPSA) is 93.2 Å². The lowest BCUT2D eigenvalue weighted by Gasteiger charge is -2.13. The molecule has 0 spiro atoms. The molecule has 2 aromatic heterocycles. The van der Waals surface area contributed by atoms with Gasteiger partial charge in [-0.25, -0.2) is 9.97 Å². The fraction of sp³-hybridized carbons (Fsp3) is 0.417. The van der Waals surface area contributed by atoms with Crippen molar-refractivity contribution in [1.29, 1.82) is 0 Å². The van der Waals surface area contributed by atoms with Crippen LogP contribution >= 0.6 is 11.3 Å². The molecule has 4 rings (SSSR count). The zero-order valence-corrected chi connectivity index (χ0v) is 19.5. The van der Waals surface area contributed by atoms with E-state index in [0.717, 1.165) is 51.9 Å². The minimum absolute atomic E-state index is 0.123. The van der Waals surface area contributed by atoms with E-state index in [-0.39, 0.29) is 25.0 Å². The number of nitrogens with zero attached hydrogens (tertiary/aromatic N) is 2. The molecule has 2 amide bonds. The lowest BCUT2D eigenvalue weighted by molar-refractivity contribution is -0.125. The molecule has 2 heterocycles. The van der Waals surface area contributed by atoms with E-state index in [9.17, 15) is 9.59 Å². The second-order valence-corrected chi connectivity index (χ2v) is 9.39. The van der Waals surface area contributed by atoms with E-state index >= 15 is 0 Å². The van der Waals surface area contributed by atoms with Gasteiger partial charge in [0, 0.05) is 10.6 Å². The number of hydrogen-bond acceptors (Lipinski definition) is 6. The standard InChI is InChI=1S/C24H28N4O3S/c1-14-9-15(2)22(16(3)10-14)28-19(29)11-25-20(30)12-31-23-21-17-7-5-4-6-8-18(17)32-24(21)27-13-26-23/h9-10,13H,4-8,11-12H2,1-3H3,(H,25,30)(H,28,29).